The molecule has 2 heterocycles. The molecule has 1 aromatic carbocycles. The smallest absolute Gasteiger partial charge is 0.224 e. The Kier molecular flexibility index (Phi) is 3.54. The number of thiazole rings is 1. The molecule has 1 atom stereocenters. The van der Waals surface area contributed by atoms with Gasteiger partial charge in [0.15, 0.2) is 0 Å². The Hall–Kier alpha value is -1.72. The van der Waals surface area contributed by atoms with E-state index in [1.54, 1.807) is 11.3 Å². The van der Waals surface area contributed by atoms with E-state index in [0.29, 0.717) is 0 Å². The Morgan fingerprint density at radius 1 is 1.20 bits per heavy atom. The molecule has 0 saturated heterocycles. The molecule has 2 aromatic heterocycles. The minimum atomic E-state index is 0.0723. The quantitative estimate of drug-likeness (QED) is 0.736. The van der Waals surface area contributed by atoms with E-state index in [2.05, 4.69) is 27.2 Å². The minimum absolute atomic E-state index is 0.0723. The van der Waals surface area contributed by atoms with Crippen molar-refractivity contribution < 1.29 is 0 Å². The largest absolute Gasteiger partial charge is 0.360 e. The van der Waals surface area contributed by atoms with E-state index in [4.69, 9.17) is 11.6 Å². The number of nitrogens with zero attached hydrogens (tertiary/aromatic N) is 3. The Morgan fingerprint density at radius 2 is 2.00 bits per heavy atom. The number of benzene rings is 1. The van der Waals surface area contributed by atoms with Crippen LogP contribution in [0.15, 0.2) is 29.6 Å². The lowest BCUT2D eigenvalue weighted by Gasteiger charge is -2.13. The lowest BCUT2D eigenvalue weighted by atomic mass is 10.2. The van der Waals surface area contributed by atoms with Gasteiger partial charge < -0.3 is 5.32 Å². The number of nitrogens with one attached hydrogen (secondary N) is 1. The molecule has 3 rings (SSSR count). The van der Waals surface area contributed by atoms with Gasteiger partial charge >= 0.3 is 0 Å². The zero-order valence-corrected chi connectivity index (χ0v) is 12.7. The minimum Gasteiger partial charge on any atom is -0.360 e. The molecular weight excluding hydrogens is 292 g/mol. The third-order valence-corrected chi connectivity index (χ3v) is 4.25. The van der Waals surface area contributed by atoms with Crippen LogP contribution in [0.1, 0.15) is 23.7 Å². The molecule has 4 nitrogen and oxygen atoms in total. The summed E-state index contributed by atoms with van der Waals surface area (Å²) in [5, 5.41) is 7.64. The average Bonchev–Trinajstić information content (AvgIpc) is 2.85. The van der Waals surface area contributed by atoms with E-state index < -0.39 is 0 Å². The summed E-state index contributed by atoms with van der Waals surface area (Å²) in [5.41, 5.74) is 1.86. The Labute approximate surface area is 125 Å². The van der Waals surface area contributed by atoms with Crippen molar-refractivity contribution in [1.29, 1.82) is 0 Å². The molecule has 0 radical (unpaired) electrons. The summed E-state index contributed by atoms with van der Waals surface area (Å²) in [6.45, 7) is 4.05. The summed E-state index contributed by atoms with van der Waals surface area (Å²) < 4.78 is 0. The highest BCUT2D eigenvalue weighted by Gasteiger charge is 2.13. The van der Waals surface area contributed by atoms with Gasteiger partial charge in [0.2, 0.25) is 5.28 Å². The van der Waals surface area contributed by atoms with Crippen LogP contribution >= 0.6 is 22.9 Å². The predicted molar refractivity (Wildman–Crippen MR) is 83.4 cm³/mol. The molecule has 1 N–H and O–H groups in total. The van der Waals surface area contributed by atoms with Crippen LogP contribution in [-0.4, -0.2) is 15.0 Å². The Balaban J connectivity index is 1.98. The van der Waals surface area contributed by atoms with E-state index in [1.165, 1.54) is 0 Å². The van der Waals surface area contributed by atoms with Crippen LogP contribution in [0.3, 0.4) is 0 Å². The highest BCUT2D eigenvalue weighted by atomic mass is 35.5. The maximum absolute atomic E-state index is 5.98. The maximum Gasteiger partial charge on any atom is 0.224 e. The summed E-state index contributed by atoms with van der Waals surface area (Å²) in [6, 6.07) is 7.87. The number of hydrogen-bond donors (Lipinski definition) is 1. The fourth-order valence-corrected chi connectivity index (χ4v) is 2.98. The lowest BCUT2D eigenvalue weighted by molar-refractivity contribution is 0.856. The first-order valence-electron chi connectivity index (χ1n) is 6.24. The summed E-state index contributed by atoms with van der Waals surface area (Å²) in [4.78, 5) is 13.0. The van der Waals surface area contributed by atoms with Crippen LogP contribution < -0.4 is 5.32 Å². The summed E-state index contributed by atoms with van der Waals surface area (Å²) in [6.07, 6.45) is 0. The standard InChI is InChI=1S/C14H13ClN4S/c1-8-7-20-13(16-8)9(2)17-12-10-5-3-4-6-11(10)18-14(15)19-12/h3-7,9H,1-2H3,(H,17,18,19). The van der Waals surface area contributed by atoms with E-state index in [-0.39, 0.29) is 11.3 Å². The molecule has 102 valence electrons. The van der Waals surface area contributed by atoms with Crippen molar-refractivity contribution >= 4 is 39.7 Å². The van der Waals surface area contributed by atoms with Crippen molar-refractivity contribution in [3.8, 4) is 0 Å². The number of aryl methyl sites for hydroxylation is 1. The van der Waals surface area contributed by atoms with Crippen molar-refractivity contribution in [2.45, 2.75) is 19.9 Å². The molecule has 0 aliphatic rings. The van der Waals surface area contributed by atoms with Crippen molar-refractivity contribution in [2.75, 3.05) is 5.32 Å². The van der Waals surface area contributed by atoms with Gasteiger partial charge in [-0.1, -0.05) is 12.1 Å². The zero-order chi connectivity index (χ0) is 14.1. The molecule has 0 bridgehead atoms. The van der Waals surface area contributed by atoms with Gasteiger partial charge in [0.1, 0.15) is 10.8 Å². The SMILES string of the molecule is Cc1csc(C(C)Nc2nc(Cl)nc3ccccc23)n1. The molecule has 0 spiro atoms. The van der Waals surface area contributed by atoms with E-state index in [1.807, 2.05) is 36.6 Å². The number of anilines is 1. The molecule has 6 heteroatoms. The fraction of sp³-hybridized carbons (Fsp3) is 0.214. The molecule has 0 fully saturated rings. The summed E-state index contributed by atoms with van der Waals surface area (Å²) >= 11 is 7.62. The third-order valence-electron chi connectivity index (χ3n) is 2.94. The first-order valence-corrected chi connectivity index (χ1v) is 7.50. The fourth-order valence-electron chi connectivity index (χ4n) is 2.00. The number of rotatable bonds is 3. The van der Waals surface area contributed by atoms with Crippen molar-refractivity contribution in [2.24, 2.45) is 0 Å². The molecule has 0 aliphatic carbocycles. The van der Waals surface area contributed by atoms with Crippen LogP contribution in [0.2, 0.25) is 5.28 Å². The normalized spacial score (nSPS) is 12.6. The molecule has 0 saturated carbocycles. The van der Waals surface area contributed by atoms with Gasteiger partial charge in [-0.15, -0.1) is 11.3 Å². The molecule has 0 amide bonds. The first kappa shape index (κ1) is 13.3. The molecule has 0 aliphatic heterocycles. The Bertz CT molecular complexity index is 756. The second kappa shape index (κ2) is 5.34. The second-order valence-electron chi connectivity index (χ2n) is 4.55. The topological polar surface area (TPSA) is 50.7 Å². The Morgan fingerprint density at radius 3 is 2.75 bits per heavy atom. The molecule has 20 heavy (non-hydrogen) atoms. The number of aromatic nitrogens is 3. The average molecular weight is 305 g/mol. The number of halogens is 1. The predicted octanol–water partition coefficient (Wildman–Crippen LogP) is 4.22. The lowest BCUT2D eigenvalue weighted by Crippen LogP contribution is -2.08. The first-order chi connectivity index (χ1) is 9.63. The van der Waals surface area contributed by atoms with Gasteiger partial charge in [-0.2, -0.15) is 0 Å². The molecule has 3 aromatic rings. The van der Waals surface area contributed by atoms with E-state index in [0.717, 1.165) is 27.4 Å². The van der Waals surface area contributed by atoms with E-state index in [9.17, 15) is 0 Å². The highest BCUT2D eigenvalue weighted by molar-refractivity contribution is 7.09. The van der Waals surface area contributed by atoms with Crippen LogP contribution in [0.25, 0.3) is 10.9 Å². The van der Waals surface area contributed by atoms with Gasteiger partial charge in [-0.25, -0.2) is 15.0 Å². The monoisotopic (exact) mass is 304 g/mol. The van der Waals surface area contributed by atoms with Gasteiger partial charge in [0.05, 0.1) is 11.6 Å². The van der Waals surface area contributed by atoms with Crippen molar-refractivity contribution in [3.05, 3.63) is 45.6 Å². The zero-order valence-electron chi connectivity index (χ0n) is 11.1. The van der Waals surface area contributed by atoms with Gasteiger partial charge in [-0.3, -0.25) is 0 Å². The molecule has 1 unspecified atom stereocenters. The van der Waals surface area contributed by atoms with Crippen LogP contribution in [0, 0.1) is 6.92 Å². The third kappa shape index (κ3) is 2.59. The summed E-state index contributed by atoms with van der Waals surface area (Å²) in [5.74, 6) is 0.737. The van der Waals surface area contributed by atoms with Crippen LogP contribution in [-0.2, 0) is 0 Å². The number of hydrogen-bond acceptors (Lipinski definition) is 5. The van der Waals surface area contributed by atoms with Gasteiger partial charge in [0.25, 0.3) is 0 Å². The van der Waals surface area contributed by atoms with Crippen LogP contribution in [0.4, 0.5) is 5.82 Å². The maximum atomic E-state index is 5.98. The van der Waals surface area contributed by atoms with E-state index >= 15 is 0 Å². The van der Waals surface area contributed by atoms with Crippen LogP contribution in [0.5, 0.6) is 0 Å². The number of para-hydroxylation sites is 1. The number of fused-ring (bicyclic) bond motifs is 1. The van der Waals surface area contributed by atoms with Gasteiger partial charge in [-0.05, 0) is 37.6 Å². The van der Waals surface area contributed by atoms with Crippen molar-refractivity contribution in [1.82, 2.24) is 15.0 Å². The molecular formula is C14H13ClN4S. The second-order valence-corrected chi connectivity index (χ2v) is 5.78. The van der Waals surface area contributed by atoms with Crippen molar-refractivity contribution in [3.63, 3.8) is 0 Å². The summed E-state index contributed by atoms with van der Waals surface area (Å²) in [7, 11) is 0. The highest BCUT2D eigenvalue weighted by Crippen LogP contribution is 2.27. The van der Waals surface area contributed by atoms with Gasteiger partial charge in [0, 0.05) is 16.5 Å².